The highest BCUT2D eigenvalue weighted by molar-refractivity contribution is 9.10. The fourth-order valence-corrected chi connectivity index (χ4v) is 1.25. The number of alkyl halides is 2. The lowest BCUT2D eigenvalue weighted by Gasteiger charge is -2.21. The van der Waals surface area contributed by atoms with Crippen molar-refractivity contribution in [3.8, 4) is 0 Å². The third kappa shape index (κ3) is 11.4. The highest BCUT2D eigenvalue weighted by atomic mass is 79.9. The minimum absolute atomic E-state index is 0.172. The van der Waals surface area contributed by atoms with Gasteiger partial charge in [0.25, 0.3) is 0 Å². The second kappa shape index (κ2) is 8.06. The highest BCUT2D eigenvalue weighted by Gasteiger charge is 2.16. The quantitative estimate of drug-likeness (QED) is 0.457. The van der Waals surface area contributed by atoms with Crippen LogP contribution in [0.1, 0.15) is 34.1 Å². The van der Waals surface area contributed by atoms with Crippen LogP contribution in [-0.2, 0) is 9.47 Å². The highest BCUT2D eigenvalue weighted by Crippen LogP contribution is 2.20. The van der Waals surface area contributed by atoms with Crippen LogP contribution in [0, 0.1) is 5.41 Å². The second-order valence-electron chi connectivity index (χ2n) is 5.43. The lowest BCUT2D eigenvalue weighted by Crippen LogP contribution is -2.22. The predicted molar refractivity (Wildman–Crippen MR) is 76.8 cm³/mol. The molecule has 0 aromatic heterocycles. The summed E-state index contributed by atoms with van der Waals surface area (Å²) in [6, 6.07) is 0. The number of halogens is 2. The van der Waals surface area contributed by atoms with E-state index in [-0.39, 0.29) is 9.74 Å². The first kappa shape index (κ1) is 16.9. The zero-order chi connectivity index (χ0) is 12.7. The van der Waals surface area contributed by atoms with Crippen LogP contribution in [0.15, 0.2) is 0 Å². The summed E-state index contributed by atoms with van der Waals surface area (Å²) in [5.41, 5.74) is 0.206. The monoisotopic (exact) mass is 358 g/mol. The van der Waals surface area contributed by atoms with Crippen molar-refractivity contribution < 1.29 is 9.47 Å². The number of ether oxygens (including phenoxy) is 2. The fourth-order valence-electron chi connectivity index (χ4n) is 0.922. The SMILES string of the molecule is CC(C)(Br)CCOCCOCC(C)(C)CBr. The van der Waals surface area contributed by atoms with E-state index < -0.39 is 0 Å². The Morgan fingerprint density at radius 3 is 2.00 bits per heavy atom. The van der Waals surface area contributed by atoms with Gasteiger partial charge in [0, 0.05) is 16.3 Å². The van der Waals surface area contributed by atoms with Crippen molar-refractivity contribution in [3.05, 3.63) is 0 Å². The van der Waals surface area contributed by atoms with Gasteiger partial charge in [-0.3, -0.25) is 0 Å². The zero-order valence-corrected chi connectivity index (χ0v) is 14.0. The van der Waals surface area contributed by atoms with E-state index in [2.05, 4.69) is 59.6 Å². The van der Waals surface area contributed by atoms with Gasteiger partial charge < -0.3 is 9.47 Å². The third-order valence-corrected chi connectivity index (χ3v) is 3.98. The standard InChI is InChI=1S/C12H24Br2O2/c1-11(2,9-13)10-16-8-7-15-6-5-12(3,4)14/h5-10H2,1-4H3. The zero-order valence-electron chi connectivity index (χ0n) is 10.8. The van der Waals surface area contributed by atoms with E-state index in [1.165, 1.54) is 0 Å². The number of hydrogen-bond acceptors (Lipinski definition) is 2. The molecule has 0 unspecified atom stereocenters. The second-order valence-corrected chi connectivity index (χ2v) is 8.14. The molecular weight excluding hydrogens is 336 g/mol. The molecular formula is C12H24Br2O2. The lowest BCUT2D eigenvalue weighted by atomic mass is 9.99. The summed E-state index contributed by atoms with van der Waals surface area (Å²) in [6.45, 7) is 11.6. The lowest BCUT2D eigenvalue weighted by molar-refractivity contribution is 0.0193. The molecule has 98 valence electrons. The predicted octanol–water partition coefficient (Wildman–Crippen LogP) is 4.00. The summed E-state index contributed by atoms with van der Waals surface area (Å²) < 4.78 is 11.2. The van der Waals surface area contributed by atoms with E-state index in [4.69, 9.17) is 9.47 Å². The Morgan fingerprint density at radius 2 is 1.50 bits per heavy atom. The smallest absolute Gasteiger partial charge is 0.0700 e. The maximum absolute atomic E-state index is 5.55. The minimum atomic E-state index is 0.172. The largest absolute Gasteiger partial charge is 0.379 e. The van der Waals surface area contributed by atoms with Crippen molar-refractivity contribution in [2.24, 2.45) is 5.41 Å². The Labute approximate surface area is 117 Å². The topological polar surface area (TPSA) is 18.5 Å². The fraction of sp³-hybridized carbons (Fsp3) is 1.00. The summed E-state index contributed by atoms with van der Waals surface area (Å²) >= 11 is 7.05. The molecule has 0 saturated carbocycles. The Balaban J connectivity index is 3.29. The van der Waals surface area contributed by atoms with Crippen molar-refractivity contribution in [1.82, 2.24) is 0 Å². The molecule has 0 bridgehead atoms. The first-order valence-electron chi connectivity index (χ1n) is 5.67. The molecule has 16 heavy (non-hydrogen) atoms. The van der Waals surface area contributed by atoms with Gasteiger partial charge in [-0.05, 0) is 25.7 Å². The third-order valence-electron chi connectivity index (χ3n) is 2.07. The molecule has 0 amide bonds. The van der Waals surface area contributed by atoms with E-state index in [0.29, 0.717) is 13.2 Å². The molecule has 0 saturated heterocycles. The van der Waals surface area contributed by atoms with Gasteiger partial charge in [-0.2, -0.15) is 0 Å². The van der Waals surface area contributed by atoms with E-state index in [9.17, 15) is 0 Å². The van der Waals surface area contributed by atoms with Crippen molar-refractivity contribution >= 4 is 31.9 Å². The molecule has 0 spiro atoms. The van der Waals surface area contributed by atoms with E-state index in [0.717, 1.165) is 25.0 Å². The molecule has 0 aliphatic heterocycles. The van der Waals surface area contributed by atoms with Gasteiger partial charge in [0.15, 0.2) is 0 Å². The molecule has 0 fully saturated rings. The van der Waals surface area contributed by atoms with Gasteiger partial charge in [0.1, 0.15) is 0 Å². The molecule has 0 atom stereocenters. The van der Waals surface area contributed by atoms with Gasteiger partial charge in [-0.15, -0.1) is 0 Å². The molecule has 0 aliphatic rings. The summed E-state index contributed by atoms with van der Waals surface area (Å²) in [5, 5.41) is 0.957. The van der Waals surface area contributed by atoms with Crippen LogP contribution in [0.2, 0.25) is 0 Å². The summed E-state index contributed by atoms with van der Waals surface area (Å²) in [7, 11) is 0. The Morgan fingerprint density at radius 1 is 0.938 bits per heavy atom. The van der Waals surface area contributed by atoms with Crippen LogP contribution in [-0.4, -0.2) is 36.1 Å². The molecule has 0 rings (SSSR count). The Kier molecular flexibility index (Phi) is 8.51. The summed E-state index contributed by atoms with van der Waals surface area (Å²) in [4.78, 5) is 0. The van der Waals surface area contributed by atoms with E-state index >= 15 is 0 Å². The molecule has 2 nitrogen and oxygen atoms in total. The Hall–Kier alpha value is 0.880. The molecule has 0 aliphatic carbocycles. The van der Waals surface area contributed by atoms with E-state index in [1.807, 2.05) is 0 Å². The van der Waals surface area contributed by atoms with Crippen molar-refractivity contribution in [3.63, 3.8) is 0 Å². The van der Waals surface area contributed by atoms with Crippen LogP contribution in [0.4, 0.5) is 0 Å². The molecule has 0 heterocycles. The average Bonchev–Trinajstić information content (AvgIpc) is 2.14. The van der Waals surface area contributed by atoms with Gasteiger partial charge in [-0.25, -0.2) is 0 Å². The Bertz CT molecular complexity index is 176. The summed E-state index contributed by atoms with van der Waals surface area (Å²) in [6.07, 6.45) is 1.01. The van der Waals surface area contributed by atoms with Crippen LogP contribution in [0.3, 0.4) is 0 Å². The molecule has 4 heteroatoms. The van der Waals surface area contributed by atoms with Gasteiger partial charge in [-0.1, -0.05) is 45.7 Å². The first-order valence-corrected chi connectivity index (χ1v) is 7.59. The van der Waals surface area contributed by atoms with E-state index in [1.54, 1.807) is 0 Å². The first-order chi connectivity index (χ1) is 7.27. The van der Waals surface area contributed by atoms with Crippen molar-refractivity contribution in [2.45, 2.75) is 38.4 Å². The molecule has 0 radical (unpaired) electrons. The van der Waals surface area contributed by atoms with Gasteiger partial charge in [0.2, 0.25) is 0 Å². The summed E-state index contributed by atoms with van der Waals surface area (Å²) in [5.74, 6) is 0. The van der Waals surface area contributed by atoms with Crippen LogP contribution in [0.5, 0.6) is 0 Å². The molecule has 0 aromatic rings. The maximum atomic E-state index is 5.55. The minimum Gasteiger partial charge on any atom is -0.379 e. The number of rotatable bonds is 9. The van der Waals surface area contributed by atoms with Gasteiger partial charge >= 0.3 is 0 Å². The van der Waals surface area contributed by atoms with Crippen LogP contribution < -0.4 is 0 Å². The van der Waals surface area contributed by atoms with Gasteiger partial charge in [0.05, 0.1) is 19.8 Å². The normalized spacial score (nSPS) is 13.1. The van der Waals surface area contributed by atoms with Crippen molar-refractivity contribution in [1.29, 1.82) is 0 Å². The molecule has 0 N–H and O–H groups in total. The molecule has 0 aromatic carbocycles. The van der Waals surface area contributed by atoms with Crippen molar-refractivity contribution in [2.75, 3.05) is 31.8 Å². The average molecular weight is 360 g/mol. The maximum Gasteiger partial charge on any atom is 0.0700 e. The van der Waals surface area contributed by atoms with Crippen LogP contribution in [0.25, 0.3) is 0 Å². The van der Waals surface area contributed by atoms with Crippen LogP contribution >= 0.6 is 31.9 Å². The number of hydrogen-bond donors (Lipinski definition) is 0.